The SMILES string of the molecule is CC(Cc1ccccc1)NC(=O)C1(C(=O)O)CCC1. The first-order valence-corrected chi connectivity index (χ1v) is 6.63. The van der Waals surface area contributed by atoms with E-state index in [9.17, 15) is 14.7 Å². The van der Waals surface area contributed by atoms with Crippen molar-refractivity contribution in [3.05, 3.63) is 35.9 Å². The fourth-order valence-electron chi connectivity index (χ4n) is 2.45. The van der Waals surface area contributed by atoms with E-state index in [0.29, 0.717) is 19.3 Å². The van der Waals surface area contributed by atoms with Gasteiger partial charge in [-0.15, -0.1) is 0 Å². The lowest BCUT2D eigenvalue weighted by molar-refractivity contribution is -0.162. The summed E-state index contributed by atoms with van der Waals surface area (Å²) in [6.45, 7) is 1.90. The van der Waals surface area contributed by atoms with Crippen molar-refractivity contribution < 1.29 is 14.7 Å². The van der Waals surface area contributed by atoms with E-state index in [2.05, 4.69) is 5.32 Å². The van der Waals surface area contributed by atoms with E-state index in [1.165, 1.54) is 0 Å². The molecule has 0 bridgehead atoms. The molecule has 1 fully saturated rings. The molecule has 0 radical (unpaired) electrons. The lowest BCUT2D eigenvalue weighted by atomic mass is 9.68. The van der Waals surface area contributed by atoms with Crippen molar-refractivity contribution in [2.45, 2.75) is 38.6 Å². The van der Waals surface area contributed by atoms with Crippen LogP contribution < -0.4 is 5.32 Å². The Balaban J connectivity index is 1.94. The van der Waals surface area contributed by atoms with Crippen LogP contribution in [0.3, 0.4) is 0 Å². The largest absolute Gasteiger partial charge is 0.480 e. The molecule has 102 valence electrons. The minimum Gasteiger partial charge on any atom is -0.480 e. The molecule has 0 heterocycles. The number of hydrogen-bond acceptors (Lipinski definition) is 2. The van der Waals surface area contributed by atoms with E-state index >= 15 is 0 Å². The first kappa shape index (κ1) is 13.6. The molecule has 1 saturated carbocycles. The zero-order valence-corrected chi connectivity index (χ0v) is 11.1. The van der Waals surface area contributed by atoms with Gasteiger partial charge in [-0.3, -0.25) is 9.59 Å². The van der Waals surface area contributed by atoms with Crippen LogP contribution in [-0.4, -0.2) is 23.0 Å². The van der Waals surface area contributed by atoms with Crippen LogP contribution in [0.25, 0.3) is 0 Å². The van der Waals surface area contributed by atoms with Crippen LogP contribution in [0.15, 0.2) is 30.3 Å². The van der Waals surface area contributed by atoms with Crippen molar-refractivity contribution in [3.8, 4) is 0 Å². The van der Waals surface area contributed by atoms with Gasteiger partial charge in [0.25, 0.3) is 0 Å². The highest BCUT2D eigenvalue weighted by Crippen LogP contribution is 2.41. The van der Waals surface area contributed by atoms with Crippen molar-refractivity contribution in [1.82, 2.24) is 5.32 Å². The first-order chi connectivity index (χ1) is 9.04. The van der Waals surface area contributed by atoms with Crippen molar-refractivity contribution in [2.75, 3.05) is 0 Å². The van der Waals surface area contributed by atoms with E-state index in [1.54, 1.807) is 0 Å². The number of aliphatic carboxylic acids is 1. The predicted molar refractivity (Wildman–Crippen MR) is 71.7 cm³/mol. The van der Waals surface area contributed by atoms with E-state index in [0.717, 1.165) is 12.0 Å². The number of amides is 1. The normalized spacial score (nSPS) is 18.2. The van der Waals surface area contributed by atoms with Crippen molar-refractivity contribution in [1.29, 1.82) is 0 Å². The Morgan fingerprint density at radius 2 is 1.95 bits per heavy atom. The van der Waals surface area contributed by atoms with Crippen LogP contribution in [0, 0.1) is 5.41 Å². The molecule has 4 heteroatoms. The van der Waals surface area contributed by atoms with Crippen molar-refractivity contribution >= 4 is 11.9 Å². The number of carboxylic acids is 1. The topological polar surface area (TPSA) is 66.4 Å². The maximum absolute atomic E-state index is 12.1. The second-order valence-electron chi connectivity index (χ2n) is 5.31. The molecule has 4 nitrogen and oxygen atoms in total. The molecule has 0 aliphatic heterocycles. The number of benzene rings is 1. The molecule has 1 amide bonds. The van der Waals surface area contributed by atoms with Crippen LogP contribution in [0.5, 0.6) is 0 Å². The molecule has 1 aliphatic rings. The highest BCUT2D eigenvalue weighted by molar-refractivity contribution is 6.02. The summed E-state index contributed by atoms with van der Waals surface area (Å²) in [6.07, 6.45) is 2.42. The Labute approximate surface area is 112 Å². The number of carbonyl (C=O) groups excluding carboxylic acids is 1. The standard InChI is InChI=1S/C15H19NO3/c1-11(10-12-6-3-2-4-7-12)16-13(17)15(14(18)19)8-5-9-15/h2-4,6-7,11H,5,8-10H2,1H3,(H,16,17)(H,18,19). The lowest BCUT2D eigenvalue weighted by Crippen LogP contribution is -2.53. The van der Waals surface area contributed by atoms with Crippen LogP contribution >= 0.6 is 0 Å². The van der Waals surface area contributed by atoms with Crippen molar-refractivity contribution in [3.63, 3.8) is 0 Å². The van der Waals surface area contributed by atoms with Gasteiger partial charge in [0.2, 0.25) is 5.91 Å². The number of nitrogens with one attached hydrogen (secondary N) is 1. The summed E-state index contributed by atoms with van der Waals surface area (Å²) in [5, 5.41) is 12.0. The first-order valence-electron chi connectivity index (χ1n) is 6.63. The molecule has 2 rings (SSSR count). The van der Waals surface area contributed by atoms with Gasteiger partial charge in [0.05, 0.1) is 0 Å². The summed E-state index contributed by atoms with van der Waals surface area (Å²) in [4.78, 5) is 23.3. The molecule has 1 aliphatic carbocycles. The third kappa shape index (κ3) is 2.78. The number of carboxylic acid groups (broad SMARTS) is 1. The summed E-state index contributed by atoms with van der Waals surface area (Å²) in [7, 11) is 0. The molecular formula is C15H19NO3. The maximum atomic E-state index is 12.1. The van der Waals surface area contributed by atoms with E-state index in [4.69, 9.17) is 0 Å². The molecule has 1 atom stereocenters. The van der Waals surface area contributed by atoms with Gasteiger partial charge in [-0.05, 0) is 31.7 Å². The molecular weight excluding hydrogens is 242 g/mol. The van der Waals surface area contributed by atoms with E-state index in [-0.39, 0.29) is 11.9 Å². The minimum atomic E-state index is -1.18. The third-order valence-electron chi connectivity index (χ3n) is 3.81. The molecule has 1 unspecified atom stereocenters. The molecule has 19 heavy (non-hydrogen) atoms. The van der Waals surface area contributed by atoms with Gasteiger partial charge in [0.15, 0.2) is 0 Å². The summed E-state index contributed by atoms with van der Waals surface area (Å²) in [6, 6.07) is 9.79. The average molecular weight is 261 g/mol. The molecule has 0 saturated heterocycles. The summed E-state index contributed by atoms with van der Waals surface area (Å²) in [5.41, 5.74) is -0.0430. The zero-order valence-electron chi connectivity index (χ0n) is 11.1. The summed E-state index contributed by atoms with van der Waals surface area (Å²) < 4.78 is 0. The molecule has 0 aromatic heterocycles. The van der Waals surface area contributed by atoms with E-state index in [1.807, 2.05) is 37.3 Å². The third-order valence-corrected chi connectivity index (χ3v) is 3.81. The van der Waals surface area contributed by atoms with Crippen LogP contribution in [0.4, 0.5) is 0 Å². The van der Waals surface area contributed by atoms with Crippen LogP contribution in [-0.2, 0) is 16.0 Å². The smallest absolute Gasteiger partial charge is 0.319 e. The molecule has 2 N–H and O–H groups in total. The molecule has 1 aromatic rings. The fraction of sp³-hybridized carbons (Fsp3) is 0.467. The maximum Gasteiger partial charge on any atom is 0.319 e. The van der Waals surface area contributed by atoms with Crippen molar-refractivity contribution in [2.24, 2.45) is 5.41 Å². The zero-order chi connectivity index (χ0) is 13.9. The highest BCUT2D eigenvalue weighted by atomic mass is 16.4. The van der Waals surface area contributed by atoms with Crippen LogP contribution in [0.1, 0.15) is 31.7 Å². The lowest BCUT2D eigenvalue weighted by Gasteiger charge is -2.36. The Morgan fingerprint density at radius 1 is 1.32 bits per heavy atom. The Bertz CT molecular complexity index is 466. The monoisotopic (exact) mass is 261 g/mol. The fourth-order valence-corrected chi connectivity index (χ4v) is 2.45. The van der Waals surface area contributed by atoms with Crippen LogP contribution in [0.2, 0.25) is 0 Å². The Morgan fingerprint density at radius 3 is 2.42 bits per heavy atom. The predicted octanol–water partition coefficient (Wildman–Crippen LogP) is 1.99. The van der Waals surface area contributed by atoms with Gasteiger partial charge in [-0.25, -0.2) is 0 Å². The van der Waals surface area contributed by atoms with E-state index < -0.39 is 11.4 Å². The molecule has 0 spiro atoms. The van der Waals surface area contributed by atoms with Gasteiger partial charge in [0, 0.05) is 6.04 Å². The molecule has 1 aromatic carbocycles. The number of hydrogen-bond donors (Lipinski definition) is 2. The van der Waals surface area contributed by atoms with Gasteiger partial charge in [0.1, 0.15) is 5.41 Å². The Kier molecular flexibility index (Phi) is 3.88. The second kappa shape index (κ2) is 5.43. The van der Waals surface area contributed by atoms with Gasteiger partial charge >= 0.3 is 5.97 Å². The van der Waals surface area contributed by atoms with Gasteiger partial charge < -0.3 is 10.4 Å². The average Bonchev–Trinajstić information content (AvgIpc) is 2.27. The minimum absolute atomic E-state index is 0.0632. The quantitative estimate of drug-likeness (QED) is 0.797. The summed E-state index contributed by atoms with van der Waals surface area (Å²) in [5.74, 6) is -1.34. The van der Waals surface area contributed by atoms with Gasteiger partial charge in [-0.2, -0.15) is 0 Å². The second-order valence-corrected chi connectivity index (χ2v) is 5.31. The summed E-state index contributed by atoms with van der Waals surface area (Å²) >= 11 is 0. The number of carbonyl (C=O) groups is 2. The Hall–Kier alpha value is -1.84. The van der Waals surface area contributed by atoms with Gasteiger partial charge in [-0.1, -0.05) is 36.8 Å². The highest BCUT2D eigenvalue weighted by Gasteiger charge is 2.51. The number of rotatable bonds is 5.